The third-order valence-corrected chi connectivity index (χ3v) is 4.43. The van der Waals surface area contributed by atoms with Gasteiger partial charge in [0.1, 0.15) is 17.5 Å². The summed E-state index contributed by atoms with van der Waals surface area (Å²) in [6.07, 6.45) is 0.306. The van der Waals surface area contributed by atoms with Gasteiger partial charge in [-0.3, -0.25) is 4.79 Å². The molecule has 6 heteroatoms. The van der Waals surface area contributed by atoms with Gasteiger partial charge in [-0.1, -0.05) is 29.8 Å². The monoisotopic (exact) mass is 366 g/mol. The lowest BCUT2D eigenvalue weighted by Gasteiger charge is -2.20. The molecule has 0 aliphatic carbocycles. The van der Waals surface area contributed by atoms with Crippen molar-refractivity contribution in [3.8, 4) is 5.75 Å². The first-order valence-corrected chi connectivity index (χ1v) is 8.64. The van der Waals surface area contributed by atoms with Crippen LogP contribution < -0.4 is 4.74 Å². The average molecular weight is 367 g/mol. The van der Waals surface area contributed by atoms with E-state index in [2.05, 4.69) is 0 Å². The van der Waals surface area contributed by atoms with Crippen LogP contribution in [0.4, 0.5) is 0 Å². The molecule has 2 aromatic rings. The lowest BCUT2D eigenvalue weighted by molar-refractivity contribution is 0.00705. The average Bonchev–Trinajstić information content (AvgIpc) is 2.89. The van der Waals surface area contributed by atoms with Crippen LogP contribution in [-0.4, -0.2) is 17.9 Å². The Labute approximate surface area is 150 Å². The van der Waals surface area contributed by atoms with E-state index in [9.17, 15) is 9.59 Å². The number of thiophene rings is 1. The van der Waals surface area contributed by atoms with Gasteiger partial charge in [-0.2, -0.15) is 0 Å². The first-order valence-electron chi connectivity index (χ1n) is 7.44. The maximum Gasteiger partial charge on any atom is 0.352 e. The van der Waals surface area contributed by atoms with Crippen molar-refractivity contribution in [1.29, 1.82) is 0 Å². The molecule has 1 aromatic heterocycles. The van der Waals surface area contributed by atoms with Gasteiger partial charge in [0.15, 0.2) is 11.2 Å². The van der Waals surface area contributed by atoms with E-state index in [-0.39, 0.29) is 11.0 Å². The van der Waals surface area contributed by atoms with Crippen LogP contribution >= 0.6 is 22.9 Å². The molecule has 0 bridgehead atoms. The number of halogens is 1. The summed E-state index contributed by atoms with van der Waals surface area (Å²) < 4.78 is 11.3. The van der Waals surface area contributed by atoms with Crippen LogP contribution in [0.15, 0.2) is 30.3 Å². The number of hydrogen-bond acceptors (Lipinski definition) is 5. The smallest absolute Gasteiger partial charge is 0.352 e. The van der Waals surface area contributed by atoms with E-state index in [1.807, 2.05) is 25.1 Å². The molecule has 1 atom stereocenters. The highest BCUT2D eigenvalue weighted by Crippen LogP contribution is 2.35. The Balaban J connectivity index is 2.29. The molecule has 2 rings (SSSR count). The minimum Gasteiger partial charge on any atom is -0.484 e. The van der Waals surface area contributed by atoms with Gasteiger partial charge in [0.2, 0.25) is 0 Å². The number of rotatable bonds is 5. The molecule has 1 aromatic carbocycles. The van der Waals surface area contributed by atoms with E-state index in [1.54, 1.807) is 32.9 Å². The fraction of sp³-hybridized carbons (Fsp3) is 0.333. The summed E-state index contributed by atoms with van der Waals surface area (Å²) in [4.78, 5) is 24.1. The summed E-state index contributed by atoms with van der Waals surface area (Å²) in [5, 5.41) is 0.578. The molecular weight excluding hydrogens is 348 g/mol. The zero-order valence-electron chi connectivity index (χ0n) is 14.0. The van der Waals surface area contributed by atoms with Gasteiger partial charge in [-0.15, -0.1) is 11.3 Å². The second-order valence-corrected chi connectivity index (χ2v) is 7.73. The molecule has 0 saturated heterocycles. The van der Waals surface area contributed by atoms with Crippen molar-refractivity contribution in [3.05, 3.63) is 50.7 Å². The third-order valence-electron chi connectivity index (χ3n) is 3.06. The lowest BCUT2D eigenvalue weighted by Crippen LogP contribution is -2.23. The van der Waals surface area contributed by atoms with Crippen molar-refractivity contribution in [3.63, 3.8) is 0 Å². The van der Waals surface area contributed by atoms with Crippen molar-refractivity contribution in [2.45, 2.75) is 39.4 Å². The first kappa shape index (κ1) is 18.5. The largest absolute Gasteiger partial charge is 0.484 e. The number of aldehydes is 1. The molecular formula is C18H19ClO4S. The van der Waals surface area contributed by atoms with Gasteiger partial charge < -0.3 is 9.47 Å². The van der Waals surface area contributed by atoms with Crippen molar-refractivity contribution in [2.75, 3.05) is 0 Å². The number of carbonyl (C=O) groups is 2. The van der Waals surface area contributed by atoms with Crippen molar-refractivity contribution < 1.29 is 19.1 Å². The van der Waals surface area contributed by atoms with E-state index >= 15 is 0 Å². The summed E-state index contributed by atoms with van der Waals surface area (Å²) in [6, 6.07) is 8.87. The molecule has 0 unspecified atom stereocenters. The highest BCUT2D eigenvalue weighted by Gasteiger charge is 2.25. The van der Waals surface area contributed by atoms with E-state index in [0.29, 0.717) is 21.9 Å². The zero-order chi connectivity index (χ0) is 17.9. The predicted octanol–water partition coefficient (Wildman–Crippen LogP) is 5.31. The van der Waals surface area contributed by atoms with Gasteiger partial charge in [0.05, 0.1) is 4.88 Å². The number of esters is 1. The maximum atomic E-state index is 12.4. The number of benzene rings is 1. The zero-order valence-corrected chi connectivity index (χ0v) is 15.5. The number of hydrogen-bond donors (Lipinski definition) is 0. The van der Waals surface area contributed by atoms with Crippen LogP contribution in [0.25, 0.3) is 0 Å². The molecule has 128 valence electrons. The second-order valence-electron chi connectivity index (χ2n) is 6.24. The minimum absolute atomic E-state index is 0.269. The van der Waals surface area contributed by atoms with Crippen LogP contribution in [-0.2, 0) is 4.74 Å². The van der Waals surface area contributed by atoms with E-state index < -0.39 is 11.6 Å². The summed E-state index contributed by atoms with van der Waals surface area (Å²) in [5.41, 5.74) is 0.168. The SMILES string of the molecule is C[C@@H](Oc1cc(C=O)sc1C(=O)OC(C)(C)C)c1ccccc1Cl. The van der Waals surface area contributed by atoms with Gasteiger partial charge in [-0.05, 0) is 33.8 Å². The summed E-state index contributed by atoms with van der Waals surface area (Å²) in [6.45, 7) is 7.18. The van der Waals surface area contributed by atoms with Crippen LogP contribution in [0, 0.1) is 0 Å². The van der Waals surface area contributed by atoms with Crippen LogP contribution in [0.1, 0.15) is 58.7 Å². The summed E-state index contributed by atoms with van der Waals surface area (Å²) in [5.74, 6) is -0.189. The van der Waals surface area contributed by atoms with Crippen molar-refractivity contribution >= 4 is 35.2 Å². The van der Waals surface area contributed by atoms with E-state index in [0.717, 1.165) is 16.9 Å². The highest BCUT2D eigenvalue weighted by molar-refractivity contribution is 7.15. The number of ether oxygens (including phenoxy) is 2. The molecule has 24 heavy (non-hydrogen) atoms. The summed E-state index contributed by atoms with van der Waals surface area (Å²) >= 11 is 7.23. The molecule has 0 radical (unpaired) electrons. The van der Waals surface area contributed by atoms with Crippen LogP contribution in [0.2, 0.25) is 5.02 Å². The highest BCUT2D eigenvalue weighted by atomic mass is 35.5. The van der Waals surface area contributed by atoms with E-state index in [1.165, 1.54) is 0 Å². The van der Waals surface area contributed by atoms with Crippen molar-refractivity contribution in [2.24, 2.45) is 0 Å². The topological polar surface area (TPSA) is 52.6 Å². The quantitative estimate of drug-likeness (QED) is 0.531. The molecule has 4 nitrogen and oxygen atoms in total. The van der Waals surface area contributed by atoms with Gasteiger partial charge in [-0.25, -0.2) is 4.79 Å². The van der Waals surface area contributed by atoms with Gasteiger partial charge in [0, 0.05) is 16.7 Å². The maximum absolute atomic E-state index is 12.4. The molecule has 0 spiro atoms. The normalized spacial score (nSPS) is 12.5. The minimum atomic E-state index is -0.631. The van der Waals surface area contributed by atoms with Gasteiger partial charge >= 0.3 is 5.97 Å². The third kappa shape index (κ3) is 4.58. The summed E-state index contributed by atoms with van der Waals surface area (Å²) in [7, 11) is 0. The van der Waals surface area contributed by atoms with Crippen molar-refractivity contribution in [1.82, 2.24) is 0 Å². The Morgan fingerprint density at radius 2 is 1.96 bits per heavy atom. The Kier molecular flexibility index (Phi) is 5.67. The fourth-order valence-corrected chi connectivity index (χ4v) is 3.14. The molecule has 0 saturated carbocycles. The molecule has 0 amide bonds. The Bertz CT molecular complexity index is 746. The molecule has 0 N–H and O–H groups in total. The fourth-order valence-electron chi connectivity index (χ4n) is 2.06. The first-order chi connectivity index (χ1) is 11.2. The Morgan fingerprint density at radius 3 is 2.54 bits per heavy atom. The molecule has 0 fully saturated rings. The second kappa shape index (κ2) is 7.36. The Morgan fingerprint density at radius 1 is 1.29 bits per heavy atom. The van der Waals surface area contributed by atoms with Crippen LogP contribution in [0.3, 0.4) is 0 Å². The van der Waals surface area contributed by atoms with E-state index in [4.69, 9.17) is 21.1 Å². The predicted molar refractivity (Wildman–Crippen MR) is 95.4 cm³/mol. The molecule has 1 heterocycles. The van der Waals surface area contributed by atoms with Gasteiger partial charge in [0.25, 0.3) is 0 Å². The Hall–Kier alpha value is -1.85. The van der Waals surface area contributed by atoms with Crippen LogP contribution in [0.5, 0.6) is 5.75 Å². The molecule has 0 aliphatic heterocycles. The standard InChI is InChI=1S/C18H19ClO4S/c1-11(13-7-5-6-8-14(13)19)22-15-9-12(10-20)24-16(15)17(21)23-18(2,3)4/h5-11H,1-4H3/t11-/m1/s1. The molecule has 0 aliphatic rings. The number of carbonyl (C=O) groups excluding carboxylic acids is 2. The lowest BCUT2D eigenvalue weighted by atomic mass is 10.1.